The van der Waals surface area contributed by atoms with Crippen molar-refractivity contribution in [3.8, 4) is 5.75 Å². The van der Waals surface area contributed by atoms with E-state index >= 15 is 0 Å². The Morgan fingerprint density at radius 3 is 2.57 bits per heavy atom. The smallest absolute Gasteiger partial charge is 0.119 e. The lowest BCUT2D eigenvalue weighted by molar-refractivity contribution is 0.121. The highest BCUT2D eigenvalue weighted by Crippen LogP contribution is 2.32. The zero-order chi connectivity index (χ0) is 15.2. The molecule has 2 rings (SSSR count). The van der Waals surface area contributed by atoms with E-state index in [1.54, 1.807) is 7.11 Å². The van der Waals surface area contributed by atoms with Crippen molar-refractivity contribution in [3.05, 3.63) is 29.8 Å². The summed E-state index contributed by atoms with van der Waals surface area (Å²) in [5.41, 5.74) is 7.44. The minimum Gasteiger partial charge on any atom is -0.497 e. The Kier molecular flexibility index (Phi) is 6.07. The Morgan fingerprint density at radius 1 is 1.29 bits per heavy atom. The lowest BCUT2D eigenvalue weighted by Crippen LogP contribution is -2.42. The van der Waals surface area contributed by atoms with Gasteiger partial charge in [-0.3, -0.25) is 4.90 Å². The average molecular weight is 290 g/mol. The Bertz CT molecular complexity index is 427. The van der Waals surface area contributed by atoms with Gasteiger partial charge in [-0.15, -0.1) is 0 Å². The molecule has 118 valence electrons. The normalized spacial score (nSPS) is 17.6. The summed E-state index contributed by atoms with van der Waals surface area (Å²) in [6, 6.07) is 9.37. The molecular formula is C18H30N2O. The molecule has 0 bridgehead atoms. The number of nitrogens with zero attached hydrogens (tertiary/aromatic N) is 1. The second kappa shape index (κ2) is 7.81. The minimum atomic E-state index is 0.297. The van der Waals surface area contributed by atoms with Crippen LogP contribution in [0, 0.1) is 5.92 Å². The molecule has 0 amide bonds. The van der Waals surface area contributed by atoms with Crippen LogP contribution in [0.4, 0.5) is 0 Å². The van der Waals surface area contributed by atoms with Crippen LogP contribution in [0.3, 0.4) is 0 Å². The third kappa shape index (κ3) is 4.21. The van der Waals surface area contributed by atoms with Crippen molar-refractivity contribution in [1.82, 2.24) is 4.90 Å². The zero-order valence-corrected chi connectivity index (χ0v) is 13.7. The van der Waals surface area contributed by atoms with Gasteiger partial charge in [-0.05, 0) is 36.5 Å². The fraction of sp³-hybridized carbons (Fsp3) is 0.667. The zero-order valence-electron chi connectivity index (χ0n) is 13.7. The summed E-state index contributed by atoms with van der Waals surface area (Å²) in [5, 5.41) is 0. The number of nitrogens with two attached hydrogens (primary N) is 1. The topological polar surface area (TPSA) is 38.5 Å². The predicted molar refractivity (Wildman–Crippen MR) is 88.6 cm³/mol. The lowest BCUT2D eigenvalue weighted by atomic mass is 10.00. The standard InChI is InChI=1S/C18H30N2O/c1-14(2)13-20(16-8-4-5-9-16)18(12-19)15-7-6-10-17(11-15)21-3/h6-7,10-11,14,16,18H,4-5,8-9,12-13,19H2,1-3H3. The van der Waals surface area contributed by atoms with Gasteiger partial charge >= 0.3 is 0 Å². The van der Waals surface area contributed by atoms with E-state index in [-0.39, 0.29) is 0 Å². The molecule has 0 radical (unpaired) electrons. The van der Waals surface area contributed by atoms with Gasteiger partial charge in [0.2, 0.25) is 0 Å². The third-order valence-electron chi connectivity index (χ3n) is 4.47. The molecule has 0 aromatic heterocycles. The van der Waals surface area contributed by atoms with E-state index < -0.39 is 0 Å². The van der Waals surface area contributed by atoms with Gasteiger partial charge in [-0.2, -0.15) is 0 Å². The summed E-state index contributed by atoms with van der Waals surface area (Å²) in [6.45, 7) is 6.36. The van der Waals surface area contributed by atoms with Crippen LogP contribution >= 0.6 is 0 Å². The number of ether oxygens (including phenoxy) is 1. The van der Waals surface area contributed by atoms with Crippen molar-refractivity contribution < 1.29 is 4.74 Å². The van der Waals surface area contributed by atoms with Crippen LogP contribution in [0.5, 0.6) is 5.75 Å². The molecule has 3 nitrogen and oxygen atoms in total. The van der Waals surface area contributed by atoms with Crippen LogP contribution < -0.4 is 10.5 Å². The van der Waals surface area contributed by atoms with Gasteiger partial charge in [0.05, 0.1) is 7.11 Å². The van der Waals surface area contributed by atoms with E-state index in [9.17, 15) is 0 Å². The quantitative estimate of drug-likeness (QED) is 0.834. The molecule has 0 heterocycles. The first-order valence-corrected chi connectivity index (χ1v) is 8.25. The molecule has 0 aliphatic heterocycles. The van der Waals surface area contributed by atoms with Crippen molar-refractivity contribution in [3.63, 3.8) is 0 Å². The molecular weight excluding hydrogens is 260 g/mol. The monoisotopic (exact) mass is 290 g/mol. The fourth-order valence-corrected chi connectivity index (χ4v) is 3.50. The summed E-state index contributed by atoms with van der Waals surface area (Å²) in [6.07, 6.45) is 5.34. The second-order valence-electron chi connectivity index (χ2n) is 6.56. The molecule has 1 aliphatic carbocycles. The molecule has 1 unspecified atom stereocenters. The van der Waals surface area contributed by atoms with Gasteiger partial charge < -0.3 is 10.5 Å². The highest BCUT2D eigenvalue weighted by molar-refractivity contribution is 5.31. The maximum atomic E-state index is 6.16. The Labute approximate surface area is 129 Å². The molecule has 1 fully saturated rings. The lowest BCUT2D eigenvalue weighted by Gasteiger charge is -2.37. The molecule has 1 aromatic carbocycles. The fourth-order valence-electron chi connectivity index (χ4n) is 3.50. The van der Waals surface area contributed by atoms with E-state index in [2.05, 4.69) is 36.9 Å². The second-order valence-corrected chi connectivity index (χ2v) is 6.56. The number of hydrogen-bond acceptors (Lipinski definition) is 3. The van der Waals surface area contributed by atoms with Crippen LogP contribution in [0.1, 0.15) is 51.1 Å². The maximum Gasteiger partial charge on any atom is 0.119 e. The van der Waals surface area contributed by atoms with Gasteiger partial charge in [-0.25, -0.2) is 0 Å². The summed E-state index contributed by atoms with van der Waals surface area (Å²) >= 11 is 0. The van der Waals surface area contributed by atoms with E-state index in [1.165, 1.54) is 31.2 Å². The summed E-state index contributed by atoms with van der Waals surface area (Å²) < 4.78 is 5.38. The van der Waals surface area contributed by atoms with Crippen molar-refractivity contribution in [2.24, 2.45) is 11.7 Å². The van der Waals surface area contributed by atoms with Crippen LogP contribution in [0.2, 0.25) is 0 Å². The first kappa shape index (κ1) is 16.3. The summed E-state index contributed by atoms with van der Waals surface area (Å²) in [5.74, 6) is 1.58. The summed E-state index contributed by atoms with van der Waals surface area (Å²) in [4.78, 5) is 2.65. The first-order chi connectivity index (χ1) is 10.2. The Hall–Kier alpha value is -1.06. The first-order valence-electron chi connectivity index (χ1n) is 8.25. The van der Waals surface area contributed by atoms with E-state index in [0.29, 0.717) is 24.5 Å². The molecule has 1 aromatic rings. The number of methoxy groups -OCH3 is 1. The molecule has 1 aliphatic rings. The molecule has 1 atom stereocenters. The van der Waals surface area contributed by atoms with Crippen molar-refractivity contribution in [2.45, 2.75) is 51.6 Å². The third-order valence-corrected chi connectivity index (χ3v) is 4.47. The van der Waals surface area contributed by atoms with Crippen LogP contribution in [0.15, 0.2) is 24.3 Å². The largest absolute Gasteiger partial charge is 0.497 e. The molecule has 21 heavy (non-hydrogen) atoms. The number of hydrogen-bond donors (Lipinski definition) is 1. The SMILES string of the molecule is COc1cccc(C(CN)N(CC(C)C)C2CCCC2)c1. The van der Waals surface area contributed by atoms with Crippen molar-refractivity contribution in [1.29, 1.82) is 0 Å². The highest BCUT2D eigenvalue weighted by atomic mass is 16.5. The molecule has 0 spiro atoms. The highest BCUT2D eigenvalue weighted by Gasteiger charge is 2.29. The Balaban J connectivity index is 2.24. The maximum absolute atomic E-state index is 6.16. The van der Waals surface area contributed by atoms with Gasteiger partial charge in [0.1, 0.15) is 5.75 Å². The molecule has 1 saturated carbocycles. The van der Waals surface area contributed by atoms with E-state index in [0.717, 1.165) is 12.3 Å². The van der Waals surface area contributed by atoms with Gasteiger partial charge in [-0.1, -0.05) is 38.8 Å². The molecule has 0 saturated heterocycles. The summed E-state index contributed by atoms with van der Waals surface area (Å²) in [7, 11) is 1.72. The minimum absolute atomic E-state index is 0.297. The molecule has 2 N–H and O–H groups in total. The number of rotatable bonds is 7. The van der Waals surface area contributed by atoms with Crippen LogP contribution in [-0.2, 0) is 0 Å². The van der Waals surface area contributed by atoms with Crippen LogP contribution in [-0.4, -0.2) is 31.1 Å². The predicted octanol–water partition coefficient (Wildman–Crippen LogP) is 3.60. The van der Waals surface area contributed by atoms with Gasteiger partial charge in [0.25, 0.3) is 0 Å². The van der Waals surface area contributed by atoms with Crippen molar-refractivity contribution in [2.75, 3.05) is 20.2 Å². The Morgan fingerprint density at radius 2 is 2.00 bits per heavy atom. The van der Waals surface area contributed by atoms with Crippen LogP contribution in [0.25, 0.3) is 0 Å². The van der Waals surface area contributed by atoms with E-state index in [4.69, 9.17) is 10.5 Å². The van der Waals surface area contributed by atoms with E-state index in [1.807, 2.05) is 6.07 Å². The van der Waals surface area contributed by atoms with Crippen molar-refractivity contribution >= 4 is 0 Å². The van der Waals surface area contributed by atoms with Gasteiger partial charge in [0.15, 0.2) is 0 Å². The average Bonchev–Trinajstić information content (AvgIpc) is 3.01. The van der Waals surface area contributed by atoms with Gasteiger partial charge in [0, 0.05) is 25.2 Å². The number of benzene rings is 1. The molecule has 3 heteroatoms.